The third-order valence-electron chi connectivity index (χ3n) is 5.73. The largest absolute Gasteiger partial charge is 0.306 e. The van der Waals surface area contributed by atoms with Crippen molar-refractivity contribution < 1.29 is 0 Å². The van der Waals surface area contributed by atoms with Gasteiger partial charge in [0.15, 0.2) is 0 Å². The molecule has 3 aliphatic heterocycles. The van der Waals surface area contributed by atoms with Gasteiger partial charge in [-0.2, -0.15) is 0 Å². The minimum atomic E-state index is 0. The van der Waals surface area contributed by atoms with Crippen LogP contribution in [0.3, 0.4) is 0 Å². The fraction of sp³-hybridized carbons (Fsp3) is 1.00. The van der Waals surface area contributed by atoms with Gasteiger partial charge in [0, 0.05) is 13.1 Å². The summed E-state index contributed by atoms with van der Waals surface area (Å²) < 4.78 is 0. The average molecular weight is 356 g/mol. The first-order valence-electron chi connectivity index (χ1n) is 10.4. The second-order valence-corrected chi connectivity index (χ2v) is 9.01. The van der Waals surface area contributed by atoms with Crippen molar-refractivity contribution in [1.29, 1.82) is 0 Å². The lowest BCUT2D eigenvalue weighted by Gasteiger charge is -2.26. The highest BCUT2D eigenvalue weighted by atomic mass is 15.1. The Hall–Kier alpha value is -0.120. The van der Waals surface area contributed by atoms with E-state index in [0.717, 1.165) is 17.8 Å². The predicted octanol–water partition coefficient (Wildman–Crippen LogP) is 4.68. The van der Waals surface area contributed by atoms with E-state index in [1.807, 2.05) is 0 Å². The highest BCUT2D eigenvalue weighted by Gasteiger charge is 2.12. The lowest BCUT2D eigenvalue weighted by Crippen LogP contribution is -2.30. The quantitative estimate of drug-likeness (QED) is 0.624. The minimum absolute atomic E-state index is 0. The average Bonchev–Trinajstić information content (AvgIpc) is 2.51. The molecule has 0 aromatic heterocycles. The van der Waals surface area contributed by atoms with E-state index in [0.29, 0.717) is 0 Å². The molecule has 0 saturated carbocycles. The summed E-state index contributed by atoms with van der Waals surface area (Å²) in [5.41, 5.74) is 0. The van der Waals surface area contributed by atoms with Gasteiger partial charge in [-0.05, 0) is 104 Å². The molecule has 3 heterocycles. The molecule has 152 valence electrons. The van der Waals surface area contributed by atoms with Crippen molar-refractivity contribution >= 4 is 0 Å². The maximum atomic E-state index is 2.41. The van der Waals surface area contributed by atoms with Crippen LogP contribution >= 0.6 is 0 Å². The molecule has 3 saturated heterocycles. The van der Waals surface area contributed by atoms with Crippen molar-refractivity contribution in [2.45, 2.75) is 66.7 Å². The Balaban J connectivity index is 0.000000339. The lowest BCUT2D eigenvalue weighted by atomic mass is 10.00. The van der Waals surface area contributed by atoms with Crippen LogP contribution in [0.4, 0.5) is 0 Å². The van der Waals surface area contributed by atoms with Gasteiger partial charge in [-0.1, -0.05) is 28.2 Å². The predicted molar refractivity (Wildman–Crippen MR) is 114 cm³/mol. The molecule has 2 atom stereocenters. The van der Waals surface area contributed by atoms with Crippen LogP contribution < -0.4 is 0 Å². The summed E-state index contributed by atoms with van der Waals surface area (Å²) >= 11 is 0. The van der Waals surface area contributed by atoms with Crippen molar-refractivity contribution in [2.75, 3.05) is 60.4 Å². The van der Waals surface area contributed by atoms with Gasteiger partial charge in [0.25, 0.3) is 0 Å². The van der Waals surface area contributed by atoms with Crippen LogP contribution in [-0.2, 0) is 0 Å². The van der Waals surface area contributed by atoms with Gasteiger partial charge in [-0.25, -0.2) is 0 Å². The van der Waals surface area contributed by atoms with Crippen LogP contribution in [0.2, 0.25) is 0 Å². The van der Waals surface area contributed by atoms with Crippen molar-refractivity contribution in [1.82, 2.24) is 14.7 Å². The summed E-state index contributed by atoms with van der Waals surface area (Å²) in [6.45, 7) is 14.8. The molecule has 0 aromatic carbocycles. The molecule has 3 nitrogen and oxygen atoms in total. The van der Waals surface area contributed by atoms with Gasteiger partial charge in [0.2, 0.25) is 0 Å². The maximum Gasteiger partial charge on any atom is 0.000398 e. The Bertz CT molecular complexity index is 254. The molecular formula is C22H49N3. The standard InChI is InChI=1S/3C7H15N.CH4/c1-7-3-5-8(2)6-4-7;2*1-7-4-3-5-8(2)6-7;/h3*7H,3-6H2,1-2H3;1H4. The first kappa shape index (κ1) is 24.9. The molecule has 0 aliphatic carbocycles. The fourth-order valence-corrected chi connectivity index (χ4v) is 3.99. The number of nitrogens with zero attached hydrogens (tertiary/aromatic N) is 3. The Morgan fingerprint density at radius 3 is 1.16 bits per heavy atom. The molecule has 0 aromatic rings. The second-order valence-electron chi connectivity index (χ2n) is 9.01. The smallest absolute Gasteiger partial charge is 0.000398 e. The molecule has 3 heteroatoms. The molecule has 3 rings (SSSR count). The summed E-state index contributed by atoms with van der Waals surface area (Å²) in [7, 11) is 6.61. The Morgan fingerprint density at radius 1 is 0.520 bits per heavy atom. The number of hydrogen-bond acceptors (Lipinski definition) is 3. The Kier molecular flexibility index (Phi) is 13.9. The van der Waals surface area contributed by atoms with E-state index in [1.165, 1.54) is 77.8 Å². The van der Waals surface area contributed by atoms with Crippen LogP contribution in [0.1, 0.15) is 66.7 Å². The van der Waals surface area contributed by atoms with Crippen molar-refractivity contribution in [3.63, 3.8) is 0 Å². The first-order chi connectivity index (χ1) is 11.4. The second kappa shape index (κ2) is 14.0. The Labute approximate surface area is 160 Å². The summed E-state index contributed by atoms with van der Waals surface area (Å²) in [5, 5.41) is 0. The zero-order valence-electron chi connectivity index (χ0n) is 17.6. The van der Waals surface area contributed by atoms with Crippen LogP contribution in [0.15, 0.2) is 0 Å². The molecule has 0 spiro atoms. The number of piperidine rings is 3. The van der Waals surface area contributed by atoms with Gasteiger partial charge in [-0.15, -0.1) is 0 Å². The number of hydrogen-bond donors (Lipinski definition) is 0. The van der Waals surface area contributed by atoms with Gasteiger partial charge in [0.05, 0.1) is 0 Å². The van der Waals surface area contributed by atoms with E-state index in [-0.39, 0.29) is 7.43 Å². The van der Waals surface area contributed by atoms with Crippen molar-refractivity contribution in [3.05, 3.63) is 0 Å². The normalized spacial score (nSPS) is 29.5. The van der Waals surface area contributed by atoms with E-state index in [2.05, 4.69) is 56.6 Å². The zero-order valence-corrected chi connectivity index (χ0v) is 17.6. The molecule has 3 aliphatic rings. The first-order valence-corrected chi connectivity index (χ1v) is 10.4. The molecule has 3 fully saturated rings. The van der Waals surface area contributed by atoms with E-state index in [4.69, 9.17) is 0 Å². The van der Waals surface area contributed by atoms with E-state index < -0.39 is 0 Å². The maximum absolute atomic E-state index is 2.41. The summed E-state index contributed by atoms with van der Waals surface area (Å²) in [6, 6.07) is 0. The number of likely N-dealkylation sites (tertiary alicyclic amines) is 3. The zero-order chi connectivity index (χ0) is 17.9. The molecule has 25 heavy (non-hydrogen) atoms. The molecule has 0 bridgehead atoms. The summed E-state index contributed by atoms with van der Waals surface area (Å²) in [4.78, 5) is 7.22. The molecule has 0 N–H and O–H groups in total. The van der Waals surface area contributed by atoms with Crippen LogP contribution in [0.5, 0.6) is 0 Å². The third kappa shape index (κ3) is 12.8. The van der Waals surface area contributed by atoms with Crippen LogP contribution in [-0.4, -0.2) is 75.1 Å². The summed E-state index contributed by atoms with van der Waals surface area (Å²) in [5.74, 6) is 2.86. The van der Waals surface area contributed by atoms with E-state index >= 15 is 0 Å². The topological polar surface area (TPSA) is 9.72 Å². The van der Waals surface area contributed by atoms with E-state index in [1.54, 1.807) is 0 Å². The summed E-state index contributed by atoms with van der Waals surface area (Å²) in [6.07, 6.45) is 8.47. The molecule has 0 radical (unpaired) electrons. The van der Waals surface area contributed by atoms with Gasteiger partial charge < -0.3 is 14.7 Å². The SMILES string of the molecule is C.CC1CCCN(C)C1.CC1CCCN(C)C1.CC1CCN(C)CC1. The van der Waals surface area contributed by atoms with Gasteiger partial charge in [0.1, 0.15) is 0 Å². The monoisotopic (exact) mass is 355 g/mol. The van der Waals surface area contributed by atoms with Crippen LogP contribution in [0.25, 0.3) is 0 Å². The van der Waals surface area contributed by atoms with Gasteiger partial charge >= 0.3 is 0 Å². The van der Waals surface area contributed by atoms with Crippen LogP contribution in [0, 0.1) is 17.8 Å². The highest BCUT2D eigenvalue weighted by Crippen LogP contribution is 2.14. The van der Waals surface area contributed by atoms with Gasteiger partial charge in [-0.3, -0.25) is 0 Å². The van der Waals surface area contributed by atoms with Crippen molar-refractivity contribution in [3.8, 4) is 0 Å². The van der Waals surface area contributed by atoms with Crippen molar-refractivity contribution in [2.24, 2.45) is 17.8 Å². The van der Waals surface area contributed by atoms with E-state index in [9.17, 15) is 0 Å². The molecule has 2 unspecified atom stereocenters. The Morgan fingerprint density at radius 2 is 0.920 bits per heavy atom. The lowest BCUT2D eigenvalue weighted by molar-refractivity contribution is 0.221. The highest BCUT2D eigenvalue weighted by molar-refractivity contribution is 4.66. The molecular weight excluding hydrogens is 306 g/mol. The third-order valence-corrected chi connectivity index (χ3v) is 5.73. The minimum Gasteiger partial charge on any atom is -0.306 e. The number of rotatable bonds is 0. The molecule has 0 amide bonds. The fourth-order valence-electron chi connectivity index (χ4n) is 3.99.